The Morgan fingerprint density at radius 1 is 1.48 bits per heavy atom. The van der Waals surface area contributed by atoms with Crippen molar-refractivity contribution in [3.63, 3.8) is 0 Å². The van der Waals surface area contributed by atoms with E-state index in [2.05, 4.69) is 15.6 Å². The van der Waals surface area contributed by atoms with Crippen LogP contribution in [0.5, 0.6) is 0 Å². The Labute approximate surface area is 147 Å². The highest BCUT2D eigenvalue weighted by molar-refractivity contribution is 5.90. The van der Waals surface area contributed by atoms with Crippen LogP contribution >= 0.6 is 0 Å². The number of aliphatic imine (C=N–C) groups is 1. The molecule has 25 heavy (non-hydrogen) atoms. The van der Waals surface area contributed by atoms with E-state index in [1.165, 1.54) is 7.11 Å². The Hall–Kier alpha value is -2.06. The van der Waals surface area contributed by atoms with Gasteiger partial charge in [-0.1, -0.05) is 0 Å². The highest BCUT2D eigenvalue weighted by Gasteiger charge is 2.34. The Kier molecular flexibility index (Phi) is 6.83. The Balaban J connectivity index is 1.89. The lowest BCUT2D eigenvalue weighted by Gasteiger charge is -2.27. The van der Waals surface area contributed by atoms with Crippen LogP contribution in [-0.2, 0) is 16.0 Å². The van der Waals surface area contributed by atoms with Crippen LogP contribution in [0.15, 0.2) is 15.5 Å². The summed E-state index contributed by atoms with van der Waals surface area (Å²) in [6.07, 6.45) is 1.61. The second-order valence-corrected chi connectivity index (χ2v) is 6.23. The van der Waals surface area contributed by atoms with Gasteiger partial charge in [-0.25, -0.2) is 4.79 Å². The lowest BCUT2D eigenvalue weighted by Crippen LogP contribution is -2.44. The van der Waals surface area contributed by atoms with E-state index in [-0.39, 0.29) is 12.0 Å². The molecule has 8 heteroatoms. The highest BCUT2D eigenvalue weighted by Crippen LogP contribution is 2.31. The summed E-state index contributed by atoms with van der Waals surface area (Å²) in [5, 5.41) is 15.7. The molecular formula is C17H27N3O5. The summed E-state index contributed by atoms with van der Waals surface area (Å²) < 4.78 is 15.8. The number of aliphatic hydroxyl groups is 1. The number of aliphatic hydroxyl groups excluding tert-OH is 1. The Morgan fingerprint density at radius 3 is 2.88 bits per heavy atom. The first-order valence-corrected chi connectivity index (χ1v) is 8.34. The fraction of sp³-hybridized carbons (Fsp3) is 0.647. The number of nitrogens with one attached hydrogen (secondary N) is 2. The molecule has 0 amide bonds. The molecule has 2 rings (SSSR count). The van der Waals surface area contributed by atoms with Crippen molar-refractivity contribution >= 4 is 11.9 Å². The standard InChI is InChI=1S/C17H27N3O5/c1-12-14(15(22)23-3)8-13(25-12)9-19-16(18-2)20-10-17(4-6-21)5-7-24-11-17/h8,21H,4-7,9-11H2,1-3H3,(H2,18,19,20). The molecule has 3 N–H and O–H groups in total. The minimum Gasteiger partial charge on any atom is -0.465 e. The van der Waals surface area contributed by atoms with Crippen LogP contribution < -0.4 is 10.6 Å². The number of guanidine groups is 1. The third-order valence-electron chi connectivity index (χ3n) is 4.49. The van der Waals surface area contributed by atoms with Crippen LogP contribution in [0, 0.1) is 12.3 Å². The zero-order valence-corrected chi connectivity index (χ0v) is 15.1. The maximum Gasteiger partial charge on any atom is 0.341 e. The van der Waals surface area contributed by atoms with E-state index in [0.717, 1.165) is 13.0 Å². The molecule has 0 aromatic carbocycles. The molecule has 8 nitrogen and oxygen atoms in total. The first-order chi connectivity index (χ1) is 12.0. The molecule has 0 bridgehead atoms. The number of methoxy groups -OCH3 is 1. The quantitative estimate of drug-likeness (QED) is 0.379. The molecule has 1 fully saturated rings. The first-order valence-electron chi connectivity index (χ1n) is 8.34. The fourth-order valence-electron chi connectivity index (χ4n) is 2.92. The van der Waals surface area contributed by atoms with E-state index in [9.17, 15) is 9.90 Å². The van der Waals surface area contributed by atoms with Crippen molar-refractivity contribution in [3.8, 4) is 0 Å². The zero-order chi connectivity index (χ0) is 18.3. The number of hydrogen-bond acceptors (Lipinski definition) is 6. The third kappa shape index (κ3) is 4.96. The van der Waals surface area contributed by atoms with Gasteiger partial charge >= 0.3 is 5.97 Å². The van der Waals surface area contributed by atoms with Gasteiger partial charge < -0.3 is 29.6 Å². The second kappa shape index (κ2) is 8.87. The van der Waals surface area contributed by atoms with Gasteiger partial charge in [0.25, 0.3) is 0 Å². The van der Waals surface area contributed by atoms with Crippen LogP contribution in [0.1, 0.15) is 34.7 Å². The topological polar surface area (TPSA) is 105 Å². The third-order valence-corrected chi connectivity index (χ3v) is 4.49. The predicted octanol–water partition coefficient (Wildman–Crippen LogP) is 0.829. The van der Waals surface area contributed by atoms with Crippen molar-refractivity contribution in [2.75, 3.05) is 40.5 Å². The molecule has 0 aliphatic carbocycles. The van der Waals surface area contributed by atoms with E-state index in [4.69, 9.17) is 13.9 Å². The Bertz CT molecular complexity index is 605. The van der Waals surface area contributed by atoms with Gasteiger partial charge in [0.1, 0.15) is 17.1 Å². The maximum absolute atomic E-state index is 11.6. The van der Waals surface area contributed by atoms with Crippen LogP contribution in [0.3, 0.4) is 0 Å². The number of aryl methyl sites for hydroxylation is 1. The Morgan fingerprint density at radius 2 is 2.28 bits per heavy atom. The molecule has 0 saturated carbocycles. The summed E-state index contributed by atoms with van der Waals surface area (Å²) in [5.41, 5.74) is 0.360. The monoisotopic (exact) mass is 353 g/mol. The molecule has 1 atom stereocenters. The van der Waals surface area contributed by atoms with Gasteiger partial charge in [-0.05, 0) is 25.8 Å². The lowest BCUT2D eigenvalue weighted by molar-refractivity contribution is 0.0599. The minimum atomic E-state index is -0.415. The molecule has 140 valence electrons. The first kappa shape index (κ1) is 19.3. The van der Waals surface area contributed by atoms with Gasteiger partial charge in [0.2, 0.25) is 0 Å². The molecule has 1 aromatic heterocycles. The smallest absolute Gasteiger partial charge is 0.341 e. The zero-order valence-electron chi connectivity index (χ0n) is 15.1. The maximum atomic E-state index is 11.6. The number of carbonyl (C=O) groups excluding carboxylic acids is 1. The number of carbonyl (C=O) groups is 1. The van der Waals surface area contributed by atoms with Gasteiger partial charge in [0.15, 0.2) is 5.96 Å². The predicted molar refractivity (Wildman–Crippen MR) is 92.6 cm³/mol. The molecule has 1 saturated heterocycles. The van der Waals surface area contributed by atoms with Crippen molar-refractivity contribution in [2.45, 2.75) is 26.3 Å². The molecule has 0 spiro atoms. The molecular weight excluding hydrogens is 326 g/mol. The summed E-state index contributed by atoms with van der Waals surface area (Å²) >= 11 is 0. The molecule has 1 aliphatic heterocycles. The summed E-state index contributed by atoms with van der Waals surface area (Å²) in [6.45, 7) is 4.27. The van der Waals surface area contributed by atoms with Crippen LogP contribution in [0.4, 0.5) is 0 Å². The number of esters is 1. The van der Waals surface area contributed by atoms with E-state index >= 15 is 0 Å². The van der Waals surface area contributed by atoms with Crippen molar-refractivity contribution in [3.05, 3.63) is 23.2 Å². The second-order valence-electron chi connectivity index (χ2n) is 6.23. The molecule has 1 aromatic rings. The van der Waals surface area contributed by atoms with Crippen molar-refractivity contribution < 1.29 is 23.8 Å². The van der Waals surface area contributed by atoms with Gasteiger partial charge in [-0.3, -0.25) is 4.99 Å². The molecule has 2 heterocycles. The van der Waals surface area contributed by atoms with Gasteiger partial charge in [0.05, 0.1) is 20.3 Å². The van der Waals surface area contributed by atoms with Crippen molar-refractivity contribution in [1.29, 1.82) is 0 Å². The normalized spacial score (nSPS) is 20.6. The van der Waals surface area contributed by atoms with Crippen LogP contribution in [0.2, 0.25) is 0 Å². The van der Waals surface area contributed by atoms with Crippen molar-refractivity contribution in [1.82, 2.24) is 10.6 Å². The molecule has 1 aliphatic rings. The van der Waals surface area contributed by atoms with Gasteiger partial charge in [0, 0.05) is 32.2 Å². The highest BCUT2D eigenvalue weighted by atomic mass is 16.5. The summed E-state index contributed by atoms with van der Waals surface area (Å²) in [5.74, 6) is 1.35. The van der Waals surface area contributed by atoms with E-state index in [1.54, 1.807) is 20.0 Å². The van der Waals surface area contributed by atoms with Gasteiger partial charge in [-0.2, -0.15) is 0 Å². The minimum absolute atomic E-state index is 0.0638. The van der Waals surface area contributed by atoms with E-state index in [1.807, 2.05) is 0 Å². The van der Waals surface area contributed by atoms with Gasteiger partial charge in [-0.15, -0.1) is 0 Å². The van der Waals surface area contributed by atoms with Crippen LogP contribution in [0.25, 0.3) is 0 Å². The molecule has 1 unspecified atom stereocenters. The number of furan rings is 1. The summed E-state index contributed by atoms with van der Waals surface area (Å²) in [6, 6.07) is 1.67. The average Bonchev–Trinajstić information content (AvgIpc) is 3.22. The number of hydrogen-bond donors (Lipinski definition) is 3. The lowest BCUT2D eigenvalue weighted by atomic mass is 9.84. The van der Waals surface area contributed by atoms with Crippen molar-refractivity contribution in [2.24, 2.45) is 10.4 Å². The van der Waals surface area contributed by atoms with E-state index < -0.39 is 5.97 Å². The summed E-state index contributed by atoms with van der Waals surface area (Å²) in [4.78, 5) is 15.8. The number of nitrogens with zero attached hydrogens (tertiary/aromatic N) is 1. The number of rotatable bonds is 7. The SMILES string of the molecule is CN=C(NCc1cc(C(=O)OC)c(C)o1)NCC1(CCO)CCOC1. The van der Waals surface area contributed by atoms with Crippen LogP contribution in [-0.4, -0.2) is 57.6 Å². The largest absolute Gasteiger partial charge is 0.465 e. The average molecular weight is 353 g/mol. The van der Waals surface area contributed by atoms with E-state index in [0.29, 0.717) is 49.2 Å². The fourth-order valence-corrected chi connectivity index (χ4v) is 2.92. The number of ether oxygens (including phenoxy) is 2. The summed E-state index contributed by atoms with van der Waals surface area (Å²) in [7, 11) is 3.03. The molecule has 0 radical (unpaired) electrons.